The Morgan fingerprint density at radius 2 is 2.44 bits per heavy atom. The van der Waals surface area contributed by atoms with Crippen molar-refractivity contribution in [2.45, 2.75) is 26.7 Å². The van der Waals surface area contributed by atoms with Crippen LogP contribution in [0.3, 0.4) is 0 Å². The summed E-state index contributed by atoms with van der Waals surface area (Å²) in [7, 11) is 0. The highest BCUT2D eigenvalue weighted by atomic mass is 14.1. The van der Waals surface area contributed by atoms with Gasteiger partial charge in [0.2, 0.25) is 0 Å². The Morgan fingerprint density at radius 1 is 1.67 bits per heavy atom. The van der Waals surface area contributed by atoms with E-state index >= 15 is 0 Å². The molecule has 0 bridgehead atoms. The molecule has 0 fully saturated rings. The van der Waals surface area contributed by atoms with E-state index in [0.717, 1.165) is 5.92 Å². The molecule has 9 heavy (non-hydrogen) atoms. The van der Waals surface area contributed by atoms with Crippen molar-refractivity contribution in [1.29, 1.82) is 0 Å². The van der Waals surface area contributed by atoms with Crippen LogP contribution in [0, 0.1) is 5.92 Å². The van der Waals surface area contributed by atoms with E-state index < -0.39 is 0 Å². The van der Waals surface area contributed by atoms with Crippen LogP contribution in [0.1, 0.15) is 26.7 Å². The number of hydrogen-bond acceptors (Lipinski definition) is 0. The van der Waals surface area contributed by atoms with Gasteiger partial charge in [-0.1, -0.05) is 25.2 Å². The van der Waals surface area contributed by atoms with Gasteiger partial charge in [0.25, 0.3) is 0 Å². The summed E-state index contributed by atoms with van der Waals surface area (Å²) in [6.45, 7) is 4.40. The van der Waals surface area contributed by atoms with Crippen LogP contribution >= 0.6 is 0 Å². The zero-order valence-electron chi connectivity index (χ0n) is 6.22. The first-order valence-corrected chi connectivity index (χ1v) is 3.67. The van der Waals surface area contributed by atoms with Gasteiger partial charge >= 0.3 is 0 Å². The first-order valence-electron chi connectivity index (χ1n) is 3.67. The Hall–Kier alpha value is -0.520. The Labute approximate surface area is 57.3 Å². The van der Waals surface area contributed by atoms with E-state index in [0.29, 0.717) is 0 Å². The van der Waals surface area contributed by atoms with Crippen molar-refractivity contribution in [3.8, 4) is 0 Å². The van der Waals surface area contributed by atoms with Crippen LogP contribution in [0.5, 0.6) is 0 Å². The van der Waals surface area contributed by atoms with E-state index in [9.17, 15) is 0 Å². The van der Waals surface area contributed by atoms with Crippen molar-refractivity contribution in [3.63, 3.8) is 0 Å². The molecule has 0 aromatic carbocycles. The predicted octanol–water partition coefficient (Wildman–Crippen LogP) is 2.92. The van der Waals surface area contributed by atoms with Crippen molar-refractivity contribution < 1.29 is 0 Å². The summed E-state index contributed by atoms with van der Waals surface area (Å²) in [6.07, 6.45) is 9.30. The molecule has 0 spiro atoms. The molecule has 0 aromatic rings. The van der Waals surface area contributed by atoms with Crippen LogP contribution in [0.15, 0.2) is 23.8 Å². The van der Waals surface area contributed by atoms with Crippen molar-refractivity contribution in [2.75, 3.05) is 0 Å². The van der Waals surface area contributed by atoms with Crippen LogP contribution in [-0.4, -0.2) is 0 Å². The minimum Gasteiger partial charge on any atom is -0.0842 e. The molecule has 0 aromatic heterocycles. The van der Waals surface area contributed by atoms with Gasteiger partial charge in [0, 0.05) is 0 Å². The van der Waals surface area contributed by atoms with Crippen LogP contribution in [0.2, 0.25) is 0 Å². The third-order valence-corrected chi connectivity index (χ3v) is 1.98. The molecule has 0 amide bonds. The molecule has 0 radical (unpaired) electrons. The predicted molar refractivity (Wildman–Crippen MR) is 41.3 cm³/mol. The second-order valence-corrected chi connectivity index (χ2v) is 2.67. The van der Waals surface area contributed by atoms with Gasteiger partial charge < -0.3 is 0 Å². The van der Waals surface area contributed by atoms with Crippen LogP contribution in [-0.2, 0) is 0 Å². The summed E-state index contributed by atoms with van der Waals surface area (Å²) in [6, 6.07) is 0. The lowest BCUT2D eigenvalue weighted by Gasteiger charge is -2.15. The molecule has 50 valence electrons. The molecule has 1 aliphatic rings. The van der Waals surface area contributed by atoms with Crippen molar-refractivity contribution in [2.24, 2.45) is 5.92 Å². The monoisotopic (exact) mass is 122 g/mol. The fourth-order valence-corrected chi connectivity index (χ4v) is 1.28. The summed E-state index contributed by atoms with van der Waals surface area (Å²) in [5, 5.41) is 0. The van der Waals surface area contributed by atoms with Gasteiger partial charge in [0.15, 0.2) is 0 Å². The Kier molecular flexibility index (Phi) is 2.10. The summed E-state index contributed by atoms with van der Waals surface area (Å²) >= 11 is 0. The molecule has 1 unspecified atom stereocenters. The summed E-state index contributed by atoms with van der Waals surface area (Å²) in [5.74, 6) is 0.792. The van der Waals surface area contributed by atoms with E-state index in [2.05, 4.69) is 32.1 Å². The minimum atomic E-state index is 0.792. The van der Waals surface area contributed by atoms with Gasteiger partial charge in [0.1, 0.15) is 0 Å². The Morgan fingerprint density at radius 3 is 2.89 bits per heavy atom. The quantitative estimate of drug-likeness (QED) is 0.463. The zero-order chi connectivity index (χ0) is 6.69. The number of allylic oxidation sites excluding steroid dienone is 4. The van der Waals surface area contributed by atoms with Crippen molar-refractivity contribution >= 4 is 0 Å². The summed E-state index contributed by atoms with van der Waals surface area (Å²) < 4.78 is 0. The van der Waals surface area contributed by atoms with Crippen LogP contribution in [0.25, 0.3) is 0 Å². The molecule has 0 heterocycles. The number of rotatable bonds is 0. The van der Waals surface area contributed by atoms with Crippen molar-refractivity contribution in [3.05, 3.63) is 23.8 Å². The maximum Gasteiger partial charge on any atom is -0.0191 e. The van der Waals surface area contributed by atoms with Gasteiger partial charge in [-0.15, -0.1) is 0 Å². The number of hydrogen-bond donors (Lipinski definition) is 0. The van der Waals surface area contributed by atoms with E-state index in [1.54, 1.807) is 0 Å². The van der Waals surface area contributed by atoms with E-state index in [1.807, 2.05) is 0 Å². The molecule has 0 aliphatic heterocycles. The average molecular weight is 122 g/mol. The molecule has 0 nitrogen and oxygen atoms in total. The van der Waals surface area contributed by atoms with Gasteiger partial charge in [-0.25, -0.2) is 0 Å². The molecular formula is C9H14. The largest absolute Gasteiger partial charge is 0.0842 e. The highest BCUT2D eigenvalue weighted by molar-refractivity contribution is 5.22. The maximum absolute atomic E-state index is 2.29. The molecular weight excluding hydrogens is 108 g/mol. The summed E-state index contributed by atoms with van der Waals surface area (Å²) in [4.78, 5) is 0. The molecule has 0 saturated carbocycles. The lowest BCUT2D eigenvalue weighted by atomic mass is 9.91. The van der Waals surface area contributed by atoms with Gasteiger partial charge in [0.05, 0.1) is 0 Å². The van der Waals surface area contributed by atoms with E-state index in [4.69, 9.17) is 0 Å². The fraction of sp³-hybridized carbons (Fsp3) is 0.556. The molecule has 1 aliphatic carbocycles. The average Bonchev–Trinajstić information content (AvgIpc) is 1.89. The molecule has 0 heteroatoms. The third kappa shape index (κ3) is 1.44. The molecule has 1 rings (SSSR count). The molecule has 0 N–H and O–H groups in total. The van der Waals surface area contributed by atoms with Gasteiger partial charge in [-0.2, -0.15) is 0 Å². The van der Waals surface area contributed by atoms with Crippen molar-refractivity contribution in [1.82, 2.24) is 0 Å². The Balaban J connectivity index is 2.68. The summed E-state index contributed by atoms with van der Waals surface area (Å²) in [5.41, 5.74) is 1.50. The highest BCUT2D eigenvalue weighted by Gasteiger charge is 2.06. The third-order valence-electron chi connectivity index (χ3n) is 1.98. The SMILES string of the molecule is CC=C1C=CCCC1C. The second kappa shape index (κ2) is 2.86. The van der Waals surface area contributed by atoms with Gasteiger partial charge in [-0.05, 0) is 31.3 Å². The van der Waals surface area contributed by atoms with E-state index in [1.165, 1.54) is 18.4 Å². The zero-order valence-corrected chi connectivity index (χ0v) is 6.22. The lowest BCUT2D eigenvalue weighted by Crippen LogP contribution is -2.00. The fourth-order valence-electron chi connectivity index (χ4n) is 1.28. The Bertz CT molecular complexity index is 137. The standard InChI is InChI=1S/C9H14/c1-3-9-7-5-4-6-8(9)2/h3,5,7-8H,4,6H2,1-2H3. The topological polar surface area (TPSA) is 0 Å². The lowest BCUT2D eigenvalue weighted by molar-refractivity contribution is 0.616. The molecule has 0 saturated heterocycles. The first-order chi connectivity index (χ1) is 4.34. The van der Waals surface area contributed by atoms with E-state index in [-0.39, 0.29) is 0 Å². The first kappa shape index (κ1) is 6.60. The van der Waals surface area contributed by atoms with Crippen LogP contribution in [0.4, 0.5) is 0 Å². The maximum atomic E-state index is 2.29. The van der Waals surface area contributed by atoms with Gasteiger partial charge in [-0.3, -0.25) is 0 Å². The highest BCUT2D eigenvalue weighted by Crippen LogP contribution is 2.22. The molecule has 1 atom stereocenters. The smallest absolute Gasteiger partial charge is 0.0191 e. The normalized spacial score (nSPS) is 31.3. The van der Waals surface area contributed by atoms with Crippen LogP contribution < -0.4 is 0 Å². The second-order valence-electron chi connectivity index (χ2n) is 2.67. The minimum absolute atomic E-state index is 0.792.